The van der Waals surface area contributed by atoms with Gasteiger partial charge in [-0.25, -0.2) is 4.39 Å². The van der Waals surface area contributed by atoms with E-state index in [0.29, 0.717) is 0 Å². The minimum absolute atomic E-state index is 0.00592. The van der Waals surface area contributed by atoms with Crippen molar-refractivity contribution in [3.63, 3.8) is 0 Å². The Morgan fingerprint density at radius 1 is 1.19 bits per heavy atom. The smallest absolute Gasteiger partial charge is 0.237 e. The van der Waals surface area contributed by atoms with Crippen molar-refractivity contribution >= 4 is 5.91 Å². The molecule has 0 saturated carbocycles. The number of carbonyl (C=O) groups excluding carboxylic acids is 1. The molecule has 0 saturated heterocycles. The van der Waals surface area contributed by atoms with Crippen LogP contribution < -0.4 is 10.6 Å². The first kappa shape index (κ1) is 17.6. The number of benzene rings is 1. The third kappa shape index (κ3) is 6.25. The molecule has 2 atom stereocenters. The maximum atomic E-state index is 13.1. The zero-order chi connectivity index (χ0) is 15.8. The van der Waals surface area contributed by atoms with E-state index in [1.165, 1.54) is 12.1 Å². The summed E-state index contributed by atoms with van der Waals surface area (Å²) in [4.78, 5) is 12.0. The van der Waals surface area contributed by atoms with Gasteiger partial charge in [0.2, 0.25) is 5.91 Å². The van der Waals surface area contributed by atoms with Crippen molar-refractivity contribution in [3.8, 4) is 0 Å². The molecule has 0 heterocycles. The number of nitrogens with one attached hydrogen (secondary N) is 2. The second-order valence-corrected chi connectivity index (χ2v) is 5.80. The Kier molecular flexibility index (Phi) is 7.37. The Balaban J connectivity index is 2.73. The number of rotatable bonds is 8. The zero-order valence-electron chi connectivity index (χ0n) is 13.4. The van der Waals surface area contributed by atoms with E-state index in [9.17, 15) is 9.18 Å². The molecule has 0 aliphatic carbocycles. The average Bonchev–Trinajstić information content (AvgIpc) is 2.43. The third-order valence-corrected chi connectivity index (χ3v) is 3.39. The molecule has 0 bridgehead atoms. The van der Waals surface area contributed by atoms with Gasteiger partial charge in [-0.2, -0.15) is 0 Å². The van der Waals surface area contributed by atoms with Crippen LogP contribution in [-0.4, -0.2) is 18.0 Å². The number of carbonyl (C=O) groups is 1. The Hall–Kier alpha value is -1.42. The highest BCUT2D eigenvalue weighted by molar-refractivity contribution is 5.81. The summed E-state index contributed by atoms with van der Waals surface area (Å²) in [7, 11) is 0. The number of halogens is 1. The lowest BCUT2D eigenvalue weighted by atomic mass is 10.00. The van der Waals surface area contributed by atoms with Crippen molar-refractivity contribution < 1.29 is 9.18 Å². The van der Waals surface area contributed by atoms with Crippen molar-refractivity contribution in [2.75, 3.05) is 0 Å². The van der Waals surface area contributed by atoms with Gasteiger partial charge in [0, 0.05) is 12.1 Å². The van der Waals surface area contributed by atoms with Crippen molar-refractivity contribution in [3.05, 3.63) is 35.6 Å². The van der Waals surface area contributed by atoms with Crippen LogP contribution in [0.15, 0.2) is 24.3 Å². The molecular formula is C17H27FN2O. The van der Waals surface area contributed by atoms with E-state index >= 15 is 0 Å². The second-order valence-electron chi connectivity index (χ2n) is 5.80. The third-order valence-electron chi connectivity index (χ3n) is 3.39. The first-order valence-corrected chi connectivity index (χ1v) is 7.76. The fourth-order valence-corrected chi connectivity index (χ4v) is 2.24. The van der Waals surface area contributed by atoms with Gasteiger partial charge in [-0.1, -0.05) is 31.9 Å². The fraction of sp³-hybridized carbons (Fsp3) is 0.588. The van der Waals surface area contributed by atoms with Crippen molar-refractivity contribution in [1.29, 1.82) is 0 Å². The van der Waals surface area contributed by atoms with Gasteiger partial charge in [-0.3, -0.25) is 10.1 Å². The predicted octanol–water partition coefficient (Wildman–Crippen LogP) is 3.56. The maximum absolute atomic E-state index is 13.1. The van der Waals surface area contributed by atoms with Crippen LogP contribution in [0.1, 0.15) is 58.6 Å². The predicted molar refractivity (Wildman–Crippen MR) is 84.5 cm³/mol. The molecule has 1 rings (SSSR count). The Morgan fingerprint density at radius 3 is 2.33 bits per heavy atom. The molecule has 0 spiro atoms. The van der Waals surface area contributed by atoms with E-state index in [0.717, 1.165) is 24.8 Å². The quantitative estimate of drug-likeness (QED) is 0.769. The van der Waals surface area contributed by atoms with Crippen molar-refractivity contribution in [2.45, 2.75) is 65.1 Å². The van der Waals surface area contributed by atoms with Gasteiger partial charge in [-0.15, -0.1) is 0 Å². The van der Waals surface area contributed by atoms with Crippen LogP contribution >= 0.6 is 0 Å². The lowest BCUT2D eigenvalue weighted by molar-refractivity contribution is -0.123. The molecular weight excluding hydrogens is 267 g/mol. The standard InChI is InChI=1S/C17H27FN2O/c1-5-6-7-16(14-8-10-15(18)11-9-14)20-13(4)17(21)19-12(2)3/h8-13,16,20H,5-7H2,1-4H3,(H,19,21). The molecule has 2 unspecified atom stereocenters. The largest absolute Gasteiger partial charge is 0.353 e. The molecule has 1 aromatic carbocycles. The molecule has 0 aromatic heterocycles. The Labute approximate surface area is 127 Å². The van der Waals surface area contributed by atoms with E-state index in [4.69, 9.17) is 0 Å². The highest BCUT2D eigenvalue weighted by atomic mass is 19.1. The molecule has 1 amide bonds. The van der Waals surface area contributed by atoms with Crippen LogP contribution in [-0.2, 0) is 4.79 Å². The molecule has 2 N–H and O–H groups in total. The van der Waals surface area contributed by atoms with Crippen LogP contribution in [0, 0.1) is 5.82 Å². The lowest BCUT2D eigenvalue weighted by Crippen LogP contribution is -2.45. The number of unbranched alkanes of at least 4 members (excludes halogenated alkanes) is 1. The topological polar surface area (TPSA) is 41.1 Å². The highest BCUT2D eigenvalue weighted by Gasteiger charge is 2.19. The van der Waals surface area contributed by atoms with Crippen LogP contribution in [0.25, 0.3) is 0 Å². The van der Waals surface area contributed by atoms with E-state index < -0.39 is 0 Å². The lowest BCUT2D eigenvalue weighted by Gasteiger charge is -2.24. The maximum Gasteiger partial charge on any atom is 0.237 e. The first-order valence-electron chi connectivity index (χ1n) is 7.76. The molecule has 0 aliphatic heterocycles. The summed E-state index contributed by atoms with van der Waals surface area (Å²) in [5.41, 5.74) is 1.02. The van der Waals surface area contributed by atoms with Gasteiger partial charge in [0.25, 0.3) is 0 Å². The molecule has 0 fully saturated rings. The first-order chi connectivity index (χ1) is 9.93. The summed E-state index contributed by atoms with van der Waals surface area (Å²) < 4.78 is 13.1. The average molecular weight is 294 g/mol. The van der Waals surface area contributed by atoms with Gasteiger partial charge in [0.05, 0.1) is 6.04 Å². The van der Waals surface area contributed by atoms with E-state index in [1.54, 1.807) is 12.1 Å². The van der Waals surface area contributed by atoms with Crippen LogP contribution in [0.5, 0.6) is 0 Å². The minimum Gasteiger partial charge on any atom is -0.353 e. The van der Waals surface area contributed by atoms with Gasteiger partial charge in [0.15, 0.2) is 0 Å². The van der Waals surface area contributed by atoms with Crippen LogP contribution in [0.4, 0.5) is 4.39 Å². The minimum atomic E-state index is -0.278. The van der Waals surface area contributed by atoms with E-state index in [2.05, 4.69) is 17.6 Å². The highest BCUT2D eigenvalue weighted by Crippen LogP contribution is 2.20. The Morgan fingerprint density at radius 2 is 1.81 bits per heavy atom. The SMILES string of the molecule is CCCCC(NC(C)C(=O)NC(C)C)c1ccc(F)cc1. The Bertz CT molecular complexity index is 431. The summed E-state index contributed by atoms with van der Waals surface area (Å²) in [5.74, 6) is -0.243. The van der Waals surface area contributed by atoms with Crippen molar-refractivity contribution in [1.82, 2.24) is 10.6 Å². The number of hydrogen-bond acceptors (Lipinski definition) is 2. The van der Waals surface area contributed by atoms with E-state index in [1.807, 2.05) is 20.8 Å². The molecule has 118 valence electrons. The van der Waals surface area contributed by atoms with Crippen molar-refractivity contribution in [2.24, 2.45) is 0 Å². The fourth-order valence-electron chi connectivity index (χ4n) is 2.24. The molecule has 0 radical (unpaired) electrons. The van der Waals surface area contributed by atoms with Crippen LogP contribution in [0.2, 0.25) is 0 Å². The molecule has 3 nitrogen and oxygen atoms in total. The molecule has 1 aromatic rings. The normalized spacial score (nSPS) is 14.0. The molecule has 4 heteroatoms. The number of hydrogen-bond donors (Lipinski definition) is 2. The monoisotopic (exact) mass is 294 g/mol. The number of amides is 1. The second kappa shape index (κ2) is 8.78. The summed E-state index contributed by atoms with van der Waals surface area (Å²) in [6.07, 6.45) is 3.08. The summed E-state index contributed by atoms with van der Waals surface area (Å²) in [6, 6.07) is 6.43. The van der Waals surface area contributed by atoms with Gasteiger partial charge >= 0.3 is 0 Å². The molecule has 21 heavy (non-hydrogen) atoms. The van der Waals surface area contributed by atoms with Gasteiger partial charge < -0.3 is 5.32 Å². The summed E-state index contributed by atoms with van der Waals surface area (Å²) in [6.45, 7) is 7.88. The van der Waals surface area contributed by atoms with E-state index in [-0.39, 0.29) is 29.8 Å². The van der Waals surface area contributed by atoms with Gasteiger partial charge in [0.1, 0.15) is 5.82 Å². The summed E-state index contributed by atoms with van der Waals surface area (Å²) in [5, 5.41) is 6.26. The molecule has 0 aliphatic rings. The van der Waals surface area contributed by atoms with Gasteiger partial charge in [-0.05, 0) is 44.9 Å². The zero-order valence-corrected chi connectivity index (χ0v) is 13.4. The van der Waals surface area contributed by atoms with Crippen LogP contribution in [0.3, 0.4) is 0 Å². The summed E-state index contributed by atoms with van der Waals surface area (Å²) >= 11 is 0.